The number of nitrogens with zero attached hydrogens (tertiary/aromatic N) is 1. The lowest BCUT2D eigenvalue weighted by Gasteiger charge is -2.33. The van der Waals surface area contributed by atoms with Gasteiger partial charge in [-0.25, -0.2) is 0 Å². The molecule has 0 radical (unpaired) electrons. The monoisotopic (exact) mass is 213 g/mol. The van der Waals surface area contributed by atoms with Gasteiger partial charge in [0.1, 0.15) is 6.04 Å². The largest absolute Gasteiger partial charge is 0.480 e. The Balaban J connectivity index is 2.00. The van der Waals surface area contributed by atoms with Gasteiger partial charge in [0, 0.05) is 12.5 Å². The van der Waals surface area contributed by atoms with Crippen LogP contribution >= 0.6 is 0 Å². The number of likely N-dealkylation sites (tertiary alicyclic amines) is 1. The molecule has 0 aromatic rings. The Morgan fingerprint density at radius 3 is 2.60 bits per heavy atom. The molecule has 0 amide bonds. The van der Waals surface area contributed by atoms with Crippen LogP contribution in [-0.2, 0) is 9.53 Å². The summed E-state index contributed by atoms with van der Waals surface area (Å²) in [5.74, 6) is -0.484. The fourth-order valence-electron chi connectivity index (χ4n) is 2.69. The van der Waals surface area contributed by atoms with Gasteiger partial charge in [-0.1, -0.05) is 0 Å². The van der Waals surface area contributed by atoms with Gasteiger partial charge in [-0.15, -0.1) is 0 Å². The van der Waals surface area contributed by atoms with Crippen LogP contribution in [0, 0.1) is 5.92 Å². The highest BCUT2D eigenvalue weighted by molar-refractivity contribution is 5.74. The number of carbonyl (C=O) groups is 1. The number of hydrogen-bond acceptors (Lipinski definition) is 3. The molecule has 4 nitrogen and oxygen atoms in total. The van der Waals surface area contributed by atoms with Gasteiger partial charge in [-0.2, -0.15) is 0 Å². The minimum absolute atomic E-state index is 0.189. The second-order valence-electron chi connectivity index (χ2n) is 4.50. The third kappa shape index (κ3) is 2.49. The van der Waals surface area contributed by atoms with Crippen molar-refractivity contribution in [3.63, 3.8) is 0 Å². The van der Waals surface area contributed by atoms with Crippen LogP contribution in [0.3, 0.4) is 0 Å². The molecule has 4 heteroatoms. The molecule has 0 bridgehead atoms. The third-order valence-electron chi connectivity index (χ3n) is 3.43. The molecule has 15 heavy (non-hydrogen) atoms. The smallest absolute Gasteiger partial charge is 0.321 e. The molecule has 1 N–H and O–H groups in total. The minimum atomic E-state index is -0.674. The maximum Gasteiger partial charge on any atom is 0.321 e. The summed E-state index contributed by atoms with van der Waals surface area (Å²) in [5, 5.41) is 9.29. The Morgan fingerprint density at radius 1 is 1.33 bits per heavy atom. The molecule has 2 rings (SSSR count). The van der Waals surface area contributed by atoms with E-state index in [9.17, 15) is 9.90 Å². The second kappa shape index (κ2) is 4.94. The van der Waals surface area contributed by atoms with E-state index in [2.05, 4.69) is 4.90 Å². The number of carboxylic acids is 1. The molecule has 0 saturated carbocycles. The van der Waals surface area contributed by atoms with Crippen LogP contribution in [-0.4, -0.2) is 48.3 Å². The second-order valence-corrected chi connectivity index (χ2v) is 4.50. The summed E-state index contributed by atoms with van der Waals surface area (Å²) >= 11 is 0. The Bertz CT molecular complexity index is 220. The first-order valence-electron chi connectivity index (χ1n) is 5.83. The zero-order valence-corrected chi connectivity index (χ0v) is 9.02. The van der Waals surface area contributed by atoms with Crippen LogP contribution < -0.4 is 0 Å². The summed E-state index contributed by atoms with van der Waals surface area (Å²) in [6.45, 7) is 3.29. The van der Waals surface area contributed by atoms with Gasteiger partial charge in [-0.05, 0) is 38.8 Å². The molecule has 0 aliphatic carbocycles. The van der Waals surface area contributed by atoms with E-state index in [1.807, 2.05) is 0 Å². The number of aliphatic carboxylic acids is 1. The van der Waals surface area contributed by atoms with Crippen molar-refractivity contribution >= 4 is 5.97 Å². The fourth-order valence-corrected chi connectivity index (χ4v) is 2.69. The van der Waals surface area contributed by atoms with Crippen molar-refractivity contribution in [3.05, 3.63) is 0 Å². The van der Waals surface area contributed by atoms with Crippen molar-refractivity contribution in [2.45, 2.75) is 31.7 Å². The number of hydrogen-bond donors (Lipinski definition) is 1. The van der Waals surface area contributed by atoms with Gasteiger partial charge in [0.2, 0.25) is 0 Å². The van der Waals surface area contributed by atoms with Gasteiger partial charge in [0.05, 0.1) is 6.61 Å². The van der Waals surface area contributed by atoms with Gasteiger partial charge in [0.15, 0.2) is 0 Å². The SMILES string of the molecule is O=C(O)C(C1CCCOC1)N1CCCC1. The van der Waals surface area contributed by atoms with Crippen LogP contribution in [0.5, 0.6) is 0 Å². The molecule has 2 aliphatic rings. The average molecular weight is 213 g/mol. The molecule has 86 valence electrons. The lowest BCUT2D eigenvalue weighted by atomic mass is 9.93. The molecule has 2 fully saturated rings. The highest BCUT2D eigenvalue weighted by Gasteiger charge is 2.35. The Kier molecular flexibility index (Phi) is 3.59. The summed E-state index contributed by atoms with van der Waals surface area (Å²) in [7, 11) is 0. The zero-order valence-electron chi connectivity index (χ0n) is 9.02. The molecule has 2 heterocycles. The average Bonchev–Trinajstić information content (AvgIpc) is 2.72. The van der Waals surface area contributed by atoms with Crippen molar-refractivity contribution < 1.29 is 14.6 Å². The summed E-state index contributed by atoms with van der Waals surface area (Å²) in [6.07, 6.45) is 4.27. The van der Waals surface area contributed by atoms with Crippen molar-refractivity contribution in [2.24, 2.45) is 5.92 Å². The zero-order chi connectivity index (χ0) is 10.7. The first kappa shape index (κ1) is 10.9. The maximum atomic E-state index is 11.3. The van der Waals surface area contributed by atoms with E-state index in [0.717, 1.165) is 45.4 Å². The molecule has 2 unspecified atom stereocenters. The predicted molar refractivity (Wildman–Crippen MR) is 55.8 cm³/mol. The molecule has 2 atom stereocenters. The quantitative estimate of drug-likeness (QED) is 0.758. The highest BCUT2D eigenvalue weighted by atomic mass is 16.5. The fraction of sp³-hybridized carbons (Fsp3) is 0.909. The van der Waals surface area contributed by atoms with E-state index in [1.54, 1.807) is 0 Å². The van der Waals surface area contributed by atoms with Gasteiger partial charge < -0.3 is 9.84 Å². The highest BCUT2D eigenvalue weighted by Crippen LogP contribution is 2.24. The molecule has 0 aromatic heterocycles. The Morgan fingerprint density at radius 2 is 2.07 bits per heavy atom. The number of rotatable bonds is 3. The van der Waals surface area contributed by atoms with Crippen molar-refractivity contribution in [2.75, 3.05) is 26.3 Å². The summed E-state index contributed by atoms with van der Waals surface area (Å²) in [6, 6.07) is -0.312. The van der Waals surface area contributed by atoms with Gasteiger partial charge in [-0.3, -0.25) is 9.69 Å². The van der Waals surface area contributed by atoms with E-state index < -0.39 is 5.97 Å². The molecular formula is C11H19NO3. The lowest BCUT2D eigenvalue weighted by Crippen LogP contribution is -2.47. The van der Waals surface area contributed by atoms with Crippen molar-refractivity contribution in [1.82, 2.24) is 4.90 Å². The van der Waals surface area contributed by atoms with Crippen molar-refractivity contribution in [3.8, 4) is 0 Å². The van der Waals surface area contributed by atoms with Crippen LogP contribution in [0.25, 0.3) is 0 Å². The summed E-state index contributed by atoms with van der Waals surface area (Å²) < 4.78 is 5.38. The molecule has 2 saturated heterocycles. The standard InChI is InChI=1S/C11H19NO3/c13-11(14)10(12-5-1-2-6-12)9-4-3-7-15-8-9/h9-10H,1-8H2,(H,13,14). The topological polar surface area (TPSA) is 49.8 Å². The third-order valence-corrected chi connectivity index (χ3v) is 3.43. The van der Waals surface area contributed by atoms with E-state index in [0.29, 0.717) is 6.61 Å². The number of ether oxygens (including phenoxy) is 1. The summed E-state index contributed by atoms with van der Waals surface area (Å²) in [5.41, 5.74) is 0. The molecule has 2 aliphatic heterocycles. The first-order valence-corrected chi connectivity index (χ1v) is 5.83. The van der Waals surface area contributed by atoms with Crippen LogP contribution in [0.1, 0.15) is 25.7 Å². The molecule has 0 aromatic carbocycles. The lowest BCUT2D eigenvalue weighted by molar-refractivity contribution is -0.147. The predicted octanol–water partition coefficient (Wildman–Crippen LogP) is 0.962. The van der Waals surface area contributed by atoms with Crippen molar-refractivity contribution in [1.29, 1.82) is 0 Å². The van der Waals surface area contributed by atoms with Gasteiger partial charge >= 0.3 is 5.97 Å². The van der Waals surface area contributed by atoms with E-state index in [4.69, 9.17) is 4.74 Å². The number of carboxylic acid groups (broad SMARTS) is 1. The van der Waals surface area contributed by atoms with Crippen LogP contribution in [0.15, 0.2) is 0 Å². The first-order chi connectivity index (χ1) is 7.29. The van der Waals surface area contributed by atoms with Crippen LogP contribution in [0.4, 0.5) is 0 Å². The van der Waals surface area contributed by atoms with Gasteiger partial charge in [0.25, 0.3) is 0 Å². The molecular weight excluding hydrogens is 194 g/mol. The van der Waals surface area contributed by atoms with Crippen LogP contribution in [0.2, 0.25) is 0 Å². The van der Waals surface area contributed by atoms with E-state index >= 15 is 0 Å². The minimum Gasteiger partial charge on any atom is -0.480 e. The Hall–Kier alpha value is -0.610. The van der Waals surface area contributed by atoms with E-state index in [1.165, 1.54) is 0 Å². The normalized spacial score (nSPS) is 30.3. The summed E-state index contributed by atoms with van der Waals surface area (Å²) in [4.78, 5) is 13.4. The van der Waals surface area contributed by atoms with E-state index in [-0.39, 0.29) is 12.0 Å². The maximum absolute atomic E-state index is 11.3. The molecule has 0 spiro atoms. The Labute approximate surface area is 90.2 Å².